The van der Waals surface area contributed by atoms with E-state index in [0.29, 0.717) is 31.0 Å². The number of likely N-dealkylation sites (tertiary alicyclic amines) is 2. The lowest BCUT2D eigenvalue weighted by molar-refractivity contribution is -0.136. The predicted octanol–water partition coefficient (Wildman–Crippen LogP) is 3.44. The van der Waals surface area contributed by atoms with Crippen molar-refractivity contribution in [2.75, 3.05) is 49.5 Å². The number of fused-ring (bicyclic) bond motifs is 1. The number of carbonyl (C=O) groups is 2. The average molecular weight is 533 g/mol. The van der Waals surface area contributed by atoms with Crippen molar-refractivity contribution in [2.45, 2.75) is 31.2 Å². The number of halogens is 2. The first-order chi connectivity index (χ1) is 18.8. The summed E-state index contributed by atoms with van der Waals surface area (Å²) in [6.07, 6.45) is 3.72. The summed E-state index contributed by atoms with van der Waals surface area (Å²) in [5, 5.41) is 3.26. The molecule has 1 atom stereocenters. The van der Waals surface area contributed by atoms with Crippen LogP contribution in [0.3, 0.4) is 0 Å². The standard InChI is InChI=1S/C29H30F2N6O2/c1-29(22-10-7-11-23(30)25(22)31)18-37(20-8-3-2-4-9-20)27(39)21-14-32-28(34-26(21)29)33-19-15-36(16-19)24(38)17-35-12-5-6-13-35/h2-4,7-11,14,19H,5-6,12-13,15-18H2,1H3,(H,32,33,34). The third-order valence-electron chi connectivity index (χ3n) is 8.00. The number of nitrogens with one attached hydrogen (secondary N) is 1. The first-order valence-electron chi connectivity index (χ1n) is 13.3. The summed E-state index contributed by atoms with van der Waals surface area (Å²) >= 11 is 0. The van der Waals surface area contributed by atoms with Crippen LogP contribution in [0.4, 0.5) is 20.4 Å². The fourth-order valence-electron chi connectivity index (χ4n) is 5.78. The van der Waals surface area contributed by atoms with Gasteiger partial charge in [0.05, 0.1) is 29.3 Å². The second-order valence-corrected chi connectivity index (χ2v) is 10.7. The molecule has 0 radical (unpaired) electrons. The van der Waals surface area contributed by atoms with Crippen LogP contribution in [0, 0.1) is 11.6 Å². The van der Waals surface area contributed by atoms with E-state index in [4.69, 9.17) is 4.98 Å². The lowest BCUT2D eigenvalue weighted by atomic mass is 9.74. The Morgan fingerprint density at radius 3 is 2.56 bits per heavy atom. The van der Waals surface area contributed by atoms with E-state index in [-0.39, 0.29) is 41.5 Å². The lowest BCUT2D eigenvalue weighted by Crippen LogP contribution is -2.59. The normalized spacial score (nSPS) is 21.6. The molecule has 8 nitrogen and oxygen atoms in total. The van der Waals surface area contributed by atoms with Gasteiger partial charge in [-0.3, -0.25) is 14.5 Å². The molecule has 2 amide bonds. The summed E-state index contributed by atoms with van der Waals surface area (Å²) in [5.74, 6) is -1.83. The number of benzene rings is 2. The van der Waals surface area contributed by atoms with E-state index >= 15 is 4.39 Å². The van der Waals surface area contributed by atoms with Crippen molar-refractivity contribution in [3.8, 4) is 0 Å². The molecule has 4 heterocycles. The molecule has 3 aliphatic rings. The molecular formula is C29H30F2N6O2. The van der Waals surface area contributed by atoms with E-state index in [1.165, 1.54) is 18.3 Å². The Morgan fingerprint density at radius 1 is 1.08 bits per heavy atom. The number of hydrogen-bond acceptors (Lipinski definition) is 6. The Morgan fingerprint density at radius 2 is 1.82 bits per heavy atom. The minimum atomic E-state index is -1.15. The molecule has 2 fully saturated rings. The maximum atomic E-state index is 15.2. The van der Waals surface area contributed by atoms with E-state index in [1.807, 2.05) is 23.1 Å². The van der Waals surface area contributed by atoms with Gasteiger partial charge in [0.15, 0.2) is 11.6 Å². The zero-order valence-corrected chi connectivity index (χ0v) is 21.7. The molecule has 6 rings (SSSR count). The zero-order chi connectivity index (χ0) is 27.1. The molecule has 39 heavy (non-hydrogen) atoms. The van der Waals surface area contributed by atoms with Gasteiger partial charge < -0.3 is 15.1 Å². The third kappa shape index (κ3) is 4.63. The molecule has 1 N–H and O–H groups in total. The third-order valence-corrected chi connectivity index (χ3v) is 8.00. The van der Waals surface area contributed by atoms with Gasteiger partial charge >= 0.3 is 0 Å². The van der Waals surface area contributed by atoms with Gasteiger partial charge in [0.2, 0.25) is 11.9 Å². The summed E-state index contributed by atoms with van der Waals surface area (Å²) in [6.45, 7) is 5.28. The number of carbonyl (C=O) groups excluding carboxylic acids is 2. The van der Waals surface area contributed by atoms with E-state index in [9.17, 15) is 14.0 Å². The van der Waals surface area contributed by atoms with Gasteiger partial charge in [0.25, 0.3) is 5.91 Å². The first kappa shape index (κ1) is 25.4. The summed E-state index contributed by atoms with van der Waals surface area (Å²) in [7, 11) is 0. The van der Waals surface area contributed by atoms with Crippen molar-refractivity contribution in [3.05, 3.63) is 83.2 Å². The Kier molecular flexibility index (Phi) is 6.50. The van der Waals surface area contributed by atoms with Gasteiger partial charge in [-0.25, -0.2) is 18.7 Å². The Hall–Kier alpha value is -3.92. The molecule has 10 heteroatoms. The molecule has 3 aromatic rings. The molecule has 1 unspecified atom stereocenters. The van der Waals surface area contributed by atoms with Crippen molar-refractivity contribution in [3.63, 3.8) is 0 Å². The van der Waals surface area contributed by atoms with Gasteiger partial charge in [-0.1, -0.05) is 30.3 Å². The highest BCUT2D eigenvalue weighted by Crippen LogP contribution is 2.41. The monoisotopic (exact) mass is 532 g/mol. The number of anilines is 2. The summed E-state index contributed by atoms with van der Waals surface area (Å²) in [5.41, 5.74) is 0.179. The summed E-state index contributed by atoms with van der Waals surface area (Å²) in [4.78, 5) is 40.8. The van der Waals surface area contributed by atoms with Crippen molar-refractivity contribution < 1.29 is 18.4 Å². The molecule has 0 bridgehead atoms. The van der Waals surface area contributed by atoms with Crippen molar-refractivity contribution in [1.82, 2.24) is 19.8 Å². The quantitative estimate of drug-likeness (QED) is 0.524. The first-order valence-corrected chi connectivity index (χ1v) is 13.3. The fraction of sp³-hybridized carbons (Fsp3) is 0.379. The van der Waals surface area contributed by atoms with Crippen LogP contribution in [0.5, 0.6) is 0 Å². The largest absolute Gasteiger partial charge is 0.348 e. The fourth-order valence-corrected chi connectivity index (χ4v) is 5.78. The smallest absolute Gasteiger partial charge is 0.261 e. The average Bonchev–Trinajstić information content (AvgIpc) is 3.43. The molecule has 0 aliphatic carbocycles. The van der Waals surface area contributed by atoms with Gasteiger partial charge in [-0.2, -0.15) is 0 Å². The summed E-state index contributed by atoms with van der Waals surface area (Å²) in [6, 6.07) is 13.1. The van der Waals surface area contributed by atoms with Crippen LogP contribution in [0.2, 0.25) is 0 Å². The van der Waals surface area contributed by atoms with Crippen LogP contribution in [-0.2, 0) is 10.2 Å². The Labute approximate surface area is 225 Å². The van der Waals surface area contributed by atoms with Crippen LogP contribution in [-0.4, -0.2) is 76.9 Å². The van der Waals surface area contributed by atoms with Crippen LogP contribution in [0.15, 0.2) is 54.7 Å². The van der Waals surface area contributed by atoms with Crippen LogP contribution < -0.4 is 10.2 Å². The van der Waals surface area contributed by atoms with Gasteiger partial charge in [-0.15, -0.1) is 0 Å². The number of nitrogens with zero attached hydrogens (tertiary/aromatic N) is 5. The molecule has 0 saturated carbocycles. The molecule has 2 aromatic carbocycles. The van der Waals surface area contributed by atoms with Gasteiger partial charge in [0, 0.05) is 37.1 Å². The maximum absolute atomic E-state index is 15.2. The van der Waals surface area contributed by atoms with Crippen LogP contribution in [0.1, 0.15) is 41.4 Å². The highest BCUT2D eigenvalue weighted by atomic mass is 19.2. The van der Waals surface area contributed by atoms with Crippen molar-refractivity contribution >= 4 is 23.5 Å². The minimum absolute atomic E-state index is 0.0390. The van der Waals surface area contributed by atoms with E-state index in [0.717, 1.165) is 32.0 Å². The highest BCUT2D eigenvalue weighted by Gasteiger charge is 2.45. The van der Waals surface area contributed by atoms with Gasteiger partial charge in [-0.05, 0) is 51.1 Å². The molecule has 202 valence electrons. The molecule has 1 aromatic heterocycles. The maximum Gasteiger partial charge on any atom is 0.261 e. The predicted molar refractivity (Wildman–Crippen MR) is 143 cm³/mol. The van der Waals surface area contributed by atoms with E-state index in [1.54, 1.807) is 24.0 Å². The van der Waals surface area contributed by atoms with Crippen molar-refractivity contribution in [1.29, 1.82) is 0 Å². The minimum Gasteiger partial charge on any atom is -0.348 e. The molecule has 3 aliphatic heterocycles. The molecular weight excluding hydrogens is 502 g/mol. The number of hydrogen-bond donors (Lipinski definition) is 1. The SMILES string of the molecule is CC1(c2cccc(F)c2F)CN(c2ccccc2)C(=O)c2cnc(NC3CN(C(=O)CN4CCCC4)C3)nc21. The zero-order valence-electron chi connectivity index (χ0n) is 21.7. The summed E-state index contributed by atoms with van der Waals surface area (Å²) < 4.78 is 29.6. The number of rotatable bonds is 6. The number of aromatic nitrogens is 2. The lowest BCUT2D eigenvalue weighted by Gasteiger charge is -2.42. The number of amides is 2. The Balaban J connectivity index is 1.28. The van der Waals surface area contributed by atoms with Crippen LogP contribution in [0.25, 0.3) is 0 Å². The second kappa shape index (κ2) is 10.00. The Bertz CT molecular complexity index is 1410. The van der Waals surface area contributed by atoms with Crippen LogP contribution >= 0.6 is 0 Å². The molecule has 0 spiro atoms. The highest BCUT2D eigenvalue weighted by molar-refractivity contribution is 6.08. The van der Waals surface area contributed by atoms with Crippen molar-refractivity contribution in [2.24, 2.45) is 0 Å². The second-order valence-electron chi connectivity index (χ2n) is 10.7. The van der Waals surface area contributed by atoms with Gasteiger partial charge in [0.1, 0.15) is 0 Å². The van der Waals surface area contributed by atoms with E-state index < -0.39 is 17.0 Å². The van der Waals surface area contributed by atoms with E-state index in [2.05, 4.69) is 15.2 Å². The topological polar surface area (TPSA) is 81.7 Å². The number of para-hydroxylation sites is 1. The molecule has 2 saturated heterocycles.